The summed E-state index contributed by atoms with van der Waals surface area (Å²) in [5, 5.41) is 14.7. The van der Waals surface area contributed by atoms with Gasteiger partial charge < -0.3 is 20.1 Å². The van der Waals surface area contributed by atoms with Crippen molar-refractivity contribution < 1.29 is 37.4 Å². The smallest absolute Gasteiger partial charge is 0.338 e. The van der Waals surface area contributed by atoms with E-state index in [9.17, 15) is 27.6 Å². The second-order valence-electron chi connectivity index (χ2n) is 10.7. The monoisotopic (exact) mass is 640 g/mol. The number of aromatic carboxylic acids is 1. The first-order valence-corrected chi connectivity index (χ1v) is 14.8. The Morgan fingerprint density at radius 2 is 1.93 bits per heavy atom. The van der Waals surface area contributed by atoms with Crippen molar-refractivity contribution in [2.24, 2.45) is 4.99 Å². The number of anilines is 1. The van der Waals surface area contributed by atoms with Gasteiger partial charge in [-0.05, 0) is 42.3 Å². The van der Waals surface area contributed by atoms with Crippen molar-refractivity contribution in [2.45, 2.75) is 19.0 Å². The van der Waals surface area contributed by atoms with Gasteiger partial charge in [0.05, 0.1) is 24.3 Å². The fourth-order valence-electron chi connectivity index (χ4n) is 5.91. The third-order valence-electron chi connectivity index (χ3n) is 8.16. The van der Waals surface area contributed by atoms with Crippen molar-refractivity contribution in [3.63, 3.8) is 0 Å². The first kappa shape index (κ1) is 30.3. The summed E-state index contributed by atoms with van der Waals surface area (Å²) < 4.78 is 48.3. The number of amidine groups is 1. The van der Waals surface area contributed by atoms with Crippen LogP contribution < -0.4 is 10.2 Å². The molecule has 3 aromatic rings. The Bertz CT molecular complexity index is 1760. The highest BCUT2D eigenvalue weighted by atomic mass is 32.1. The normalized spacial score (nSPS) is 20.2. The van der Waals surface area contributed by atoms with Crippen LogP contribution in [0.5, 0.6) is 0 Å². The number of aliphatic imine (C=N–C) groups is 1. The molecule has 2 N–H and O–H groups in total. The van der Waals surface area contributed by atoms with Gasteiger partial charge in [-0.2, -0.15) is 0 Å². The van der Waals surface area contributed by atoms with E-state index in [1.807, 2.05) is 4.90 Å². The molecule has 4 heterocycles. The second kappa shape index (κ2) is 12.0. The quantitative estimate of drug-likeness (QED) is 0.375. The largest absolute Gasteiger partial charge is 0.478 e. The molecule has 1 aromatic heterocycles. The number of nitrogens with zero attached hydrogens (tertiary/aromatic N) is 5. The molecule has 15 heteroatoms. The lowest BCUT2D eigenvalue weighted by Gasteiger charge is -2.38. The lowest BCUT2D eigenvalue weighted by atomic mass is 9.92. The van der Waals surface area contributed by atoms with Crippen LogP contribution in [0.4, 0.5) is 23.7 Å². The number of carbonyl (C=O) groups is 3. The third kappa shape index (κ3) is 5.53. The van der Waals surface area contributed by atoms with Crippen molar-refractivity contribution in [1.82, 2.24) is 20.1 Å². The Morgan fingerprint density at radius 1 is 1.13 bits per heavy atom. The number of rotatable bonds is 7. The number of esters is 1. The van der Waals surface area contributed by atoms with E-state index in [1.54, 1.807) is 16.5 Å². The van der Waals surface area contributed by atoms with Crippen LogP contribution in [0.2, 0.25) is 0 Å². The summed E-state index contributed by atoms with van der Waals surface area (Å²) in [6.45, 7) is 3.03. The van der Waals surface area contributed by atoms with E-state index in [-0.39, 0.29) is 42.0 Å². The van der Waals surface area contributed by atoms with Crippen LogP contribution in [-0.2, 0) is 9.53 Å². The number of aromatic nitrogens is 1. The number of amides is 2. The SMILES string of the molecule is COC(=O)C1=C(CN2CCN3C(=O)N(c4ccc(C(=O)O)c(F)c4)C[C@@H]3C2)NC(c2nccs2)=N[C@H]1c1ccc(F)c(F)c1C. The molecule has 2 atom stereocenters. The number of carbonyl (C=O) groups excluding carboxylic acids is 2. The number of ether oxygens (including phenoxy) is 1. The summed E-state index contributed by atoms with van der Waals surface area (Å²) in [7, 11) is 1.23. The fraction of sp³-hybridized carbons (Fsp3) is 0.300. The van der Waals surface area contributed by atoms with E-state index in [2.05, 4.69) is 10.3 Å². The van der Waals surface area contributed by atoms with Crippen molar-refractivity contribution in [3.8, 4) is 0 Å². The molecule has 2 amide bonds. The van der Waals surface area contributed by atoms with Gasteiger partial charge in [-0.1, -0.05) is 6.07 Å². The molecule has 2 aromatic carbocycles. The van der Waals surface area contributed by atoms with Gasteiger partial charge in [-0.15, -0.1) is 11.3 Å². The summed E-state index contributed by atoms with van der Waals surface area (Å²) in [6, 6.07) is 4.35. The van der Waals surface area contributed by atoms with Gasteiger partial charge in [0.2, 0.25) is 0 Å². The van der Waals surface area contributed by atoms with E-state index in [4.69, 9.17) is 14.8 Å². The van der Waals surface area contributed by atoms with E-state index in [1.165, 1.54) is 42.4 Å². The Balaban J connectivity index is 1.30. The molecule has 0 aliphatic carbocycles. The minimum absolute atomic E-state index is 0.0101. The van der Waals surface area contributed by atoms with Crippen LogP contribution in [0.25, 0.3) is 0 Å². The summed E-state index contributed by atoms with van der Waals surface area (Å²) in [5.74, 6) is -4.73. The molecule has 11 nitrogen and oxygen atoms in total. The molecule has 0 unspecified atom stereocenters. The van der Waals surface area contributed by atoms with Gasteiger partial charge in [0.15, 0.2) is 22.5 Å². The highest BCUT2D eigenvalue weighted by Gasteiger charge is 2.42. The lowest BCUT2D eigenvalue weighted by Crippen LogP contribution is -2.53. The Hall–Kier alpha value is -4.76. The number of urea groups is 1. The highest BCUT2D eigenvalue weighted by Crippen LogP contribution is 2.36. The van der Waals surface area contributed by atoms with E-state index >= 15 is 0 Å². The Morgan fingerprint density at radius 3 is 2.62 bits per heavy atom. The van der Waals surface area contributed by atoms with Crippen LogP contribution in [0, 0.1) is 24.4 Å². The number of thiazole rings is 1. The topological polar surface area (TPSA) is 128 Å². The number of carboxylic acids is 1. The maximum atomic E-state index is 14.7. The molecule has 45 heavy (non-hydrogen) atoms. The van der Waals surface area contributed by atoms with Crippen molar-refractivity contribution in [3.05, 3.63) is 92.3 Å². The van der Waals surface area contributed by atoms with Crippen LogP contribution in [0.15, 0.2) is 58.2 Å². The van der Waals surface area contributed by atoms with E-state index < -0.39 is 41.0 Å². The first-order chi connectivity index (χ1) is 21.6. The maximum Gasteiger partial charge on any atom is 0.338 e. The molecule has 2 fully saturated rings. The van der Waals surface area contributed by atoms with Crippen LogP contribution in [0.3, 0.4) is 0 Å². The zero-order valence-corrected chi connectivity index (χ0v) is 24.9. The predicted octanol–water partition coefficient (Wildman–Crippen LogP) is 3.71. The molecular formula is C30H27F3N6O5S. The molecule has 0 saturated carbocycles. The summed E-state index contributed by atoms with van der Waals surface area (Å²) in [4.78, 5) is 51.9. The predicted molar refractivity (Wildman–Crippen MR) is 158 cm³/mol. The van der Waals surface area contributed by atoms with E-state index in [0.717, 1.165) is 18.2 Å². The number of carboxylic acid groups (broad SMARTS) is 1. The van der Waals surface area contributed by atoms with Gasteiger partial charge in [0, 0.05) is 55.7 Å². The minimum Gasteiger partial charge on any atom is -0.478 e. The highest BCUT2D eigenvalue weighted by molar-refractivity contribution is 7.11. The van der Waals surface area contributed by atoms with E-state index in [0.29, 0.717) is 41.7 Å². The number of nitrogens with one attached hydrogen (secondary N) is 1. The molecule has 3 aliphatic heterocycles. The molecule has 234 valence electrons. The van der Waals surface area contributed by atoms with Crippen molar-refractivity contribution in [2.75, 3.05) is 44.7 Å². The number of hydrogen-bond acceptors (Lipinski definition) is 9. The number of methoxy groups -OCH3 is 1. The number of benzene rings is 2. The average Bonchev–Trinajstić information content (AvgIpc) is 3.67. The second-order valence-corrected chi connectivity index (χ2v) is 11.6. The van der Waals surface area contributed by atoms with Gasteiger partial charge in [-0.3, -0.25) is 14.8 Å². The number of fused-ring (bicyclic) bond motifs is 1. The molecule has 3 aliphatic rings. The standard InChI is InChI=1S/C30H27F3N6O5S/c1-15-18(5-6-20(31)24(15)33)25-23(29(42)44-2)22(35-26(36-25)27-34-7-10-45-27)14-37-8-9-38-17(12-37)13-39(30(38)43)16-3-4-19(28(40)41)21(32)11-16/h3-7,10-11,17,25H,8-9,12-14H2,1-2H3,(H,35,36)(H,40,41)/t17-,25-/m0/s1. The summed E-state index contributed by atoms with van der Waals surface area (Å²) in [6.07, 6.45) is 1.60. The summed E-state index contributed by atoms with van der Waals surface area (Å²) in [5.41, 5.74) is 0.648. The summed E-state index contributed by atoms with van der Waals surface area (Å²) >= 11 is 1.31. The molecule has 6 rings (SSSR count). The van der Waals surface area contributed by atoms with Gasteiger partial charge in [-0.25, -0.2) is 32.5 Å². The average molecular weight is 641 g/mol. The van der Waals surface area contributed by atoms with Crippen molar-refractivity contribution in [1.29, 1.82) is 0 Å². The number of piperazine rings is 1. The third-order valence-corrected chi connectivity index (χ3v) is 8.94. The molecule has 0 radical (unpaired) electrons. The molecule has 0 spiro atoms. The number of hydrogen-bond donors (Lipinski definition) is 2. The van der Waals surface area contributed by atoms with Crippen molar-refractivity contribution >= 4 is 40.8 Å². The number of halogens is 3. The van der Waals surface area contributed by atoms with Crippen LogP contribution in [-0.4, -0.2) is 89.6 Å². The molecular weight excluding hydrogens is 613 g/mol. The Kier molecular flexibility index (Phi) is 8.05. The molecule has 2 saturated heterocycles. The zero-order chi connectivity index (χ0) is 32.0. The van der Waals surface area contributed by atoms with Gasteiger partial charge in [0.25, 0.3) is 0 Å². The van der Waals surface area contributed by atoms with Crippen LogP contribution >= 0.6 is 11.3 Å². The minimum atomic E-state index is -1.40. The van der Waals surface area contributed by atoms with Gasteiger partial charge >= 0.3 is 18.0 Å². The molecule has 0 bridgehead atoms. The zero-order valence-electron chi connectivity index (χ0n) is 24.1. The first-order valence-electron chi connectivity index (χ1n) is 13.9. The fourth-order valence-corrected chi connectivity index (χ4v) is 6.50. The van der Waals surface area contributed by atoms with Crippen LogP contribution in [0.1, 0.15) is 32.5 Å². The Labute approximate surface area is 259 Å². The lowest BCUT2D eigenvalue weighted by molar-refractivity contribution is -0.136. The van der Waals surface area contributed by atoms with Gasteiger partial charge in [0.1, 0.15) is 11.9 Å². The maximum absolute atomic E-state index is 14.7.